The molecule has 0 aromatic heterocycles. The van der Waals surface area contributed by atoms with Gasteiger partial charge in [0.15, 0.2) is 0 Å². The van der Waals surface area contributed by atoms with Gasteiger partial charge >= 0.3 is 0 Å². The van der Waals surface area contributed by atoms with E-state index in [-0.39, 0.29) is 65.4 Å². The van der Waals surface area contributed by atoms with Crippen LogP contribution in [0.1, 0.15) is 90.6 Å². The van der Waals surface area contributed by atoms with Crippen LogP contribution < -0.4 is 5.32 Å². The number of imide groups is 1. The number of allylic oxidation sites excluding steroid dienone is 1. The van der Waals surface area contributed by atoms with Crippen molar-refractivity contribution in [1.29, 1.82) is 0 Å². The lowest BCUT2D eigenvalue weighted by atomic mass is 9.72. The molecule has 7 rings (SSSR count). The molecule has 0 saturated carbocycles. The fraction of sp³-hybridized carbons (Fsp3) is 0.486. The van der Waals surface area contributed by atoms with E-state index in [0.717, 1.165) is 56.8 Å². The molecule has 3 atom stereocenters. The van der Waals surface area contributed by atoms with Gasteiger partial charge in [0, 0.05) is 54.3 Å². The number of benzene rings is 2. The summed E-state index contributed by atoms with van der Waals surface area (Å²) in [5, 5.41) is 2.99. The van der Waals surface area contributed by atoms with Crippen molar-refractivity contribution in [3.63, 3.8) is 0 Å². The van der Waals surface area contributed by atoms with Crippen LogP contribution >= 0.6 is 11.6 Å². The quantitative estimate of drug-likeness (QED) is 0.458. The molecule has 4 aliphatic heterocycles. The van der Waals surface area contributed by atoms with Crippen LogP contribution in [-0.4, -0.2) is 76.1 Å². The first kappa shape index (κ1) is 30.1. The summed E-state index contributed by atoms with van der Waals surface area (Å²) in [6.07, 6.45) is 5.24. The monoisotopic (exact) mass is 632 g/mol. The van der Waals surface area contributed by atoms with E-state index in [1.165, 1.54) is 33.7 Å². The van der Waals surface area contributed by atoms with E-state index in [2.05, 4.69) is 36.2 Å². The Hall–Kier alpha value is -3.56. The number of fused-ring (bicyclic) bond motifs is 3. The maximum absolute atomic E-state index is 16.0. The van der Waals surface area contributed by atoms with Crippen LogP contribution in [0.25, 0.3) is 5.57 Å². The summed E-state index contributed by atoms with van der Waals surface area (Å²) < 4.78 is 16.0. The fourth-order valence-corrected chi connectivity index (χ4v) is 8.22. The van der Waals surface area contributed by atoms with Crippen LogP contribution in [0.15, 0.2) is 42.0 Å². The highest BCUT2D eigenvalue weighted by molar-refractivity contribution is 6.30. The smallest absolute Gasteiger partial charge is 0.257 e. The molecule has 2 aromatic rings. The molecule has 1 aliphatic carbocycles. The predicted molar refractivity (Wildman–Crippen MR) is 168 cm³/mol. The van der Waals surface area contributed by atoms with Gasteiger partial charge in [-0.15, -0.1) is 0 Å². The van der Waals surface area contributed by atoms with E-state index in [1.807, 2.05) is 17.0 Å². The highest BCUT2D eigenvalue weighted by atomic mass is 35.5. The van der Waals surface area contributed by atoms with Crippen molar-refractivity contribution in [3.8, 4) is 0 Å². The van der Waals surface area contributed by atoms with Crippen LogP contribution in [0.5, 0.6) is 0 Å². The van der Waals surface area contributed by atoms with Crippen molar-refractivity contribution in [3.05, 3.63) is 75.1 Å². The number of piperazine rings is 1. The van der Waals surface area contributed by atoms with Crippen LogP contribution in [0.4, 0.5) is 4.39 Å². The van der Waals surface area contributed by atoms with E-state index in [4.69, 9.17) is 11.6 Å². The molecule has 3 fully saturated rings. The molecule has 2 bridgehead atoms. The molecule has 236 valence electrons. The number of piperidine rings is 1. The van der Waals surface area contributed by atoms with Gasteiger partial charge in [-0.25, -0.2) is 4.39 Å². The number of carbonyl (C=O) groups excluding carboxylic acids is 4. The molecule has 4 heterocycles. The normalized spacial score (nSPS) is 26.4. The molecule has 0 radical (unpaired) electrons. The highest BCUT2D eigenvalue weighted by Gasteiger charge is 2.45. The average Bonchev–Trinajstić information content (AvgIpc) is 3.47. The van der Waals surface area contributed by atoms with E-state index >= 15 is 4.39 Å². The minimum Gasteiger partial charge on any atom is -0.330 e. The molecule has 3 saturated heterocycles. The van der Waals surface area contributed by atoms with Crippen LogP contribution in [0, 0.1) is 11.2 Å². The Bertz CT molecular complexity index is 1620. The van der Waals surface area contributed by atoms with Crippen LogP contribution in [0.3, 0.4) is 0 Å². The third kappa shape index (κ3) is 5.48. The number of halogens is 2. The van der Waals surface area contributed by atoms with Crippen molar-refractivity contribution in [2.75, 3.05) is 19.6 Å². The van der Waals surface area contributed by atoms with Crippen molar-refractivity contribution in [2.45, 2.75) is 83.5 Å². The summed E-state index contributed by atoms with van der Waals surface area (Å²) in [5.74, 6) is -2.41. The van der Waals surface area contributed by atoms with Gasteiger partial charge in [0.2, 0.25) is 11.8 Å². The van der Waals surface area contributed by atoms with Crippen molar-refractivity contribution < 1.29 is 23.6 Å². The molecule has 3 unspecified atom stereocenters. The zero-order chi connectivity index (χ0) is 31.6. The Balaban J connectivity index is 1.08. The van der Waals surface area contributed by atoms with Gasteiger partial charge in [-0.3, -0.25) is 29.4 Å². The Morgan fingerprint density at radius 1 is 1.00 bits per heavy atom. The zero-order valence-electron chi connectivity index (χ0n) is 25.7. The maximum atomic E-state index is 16.0. The van der Waals surface area contributed by atoms with Gasteiger partial charge in [0.25, 0.3) is 11.8 Å². The number of hydrogen-bond acceptors (Lipinski definition) is 5. The van der Waals surface area contributed by atoms with Gasteiger partial charge in [-0.2, -0.15) is 0 Å². The maximum Gasteiger partial charge on any atom is 0.257 e. The molecular formula is C35H38ClFN4O4. The molecule has 0 spiro atoms. The molecule has 2 aromatic carbocycles. The van der Waals surface area contributed by atoms with E-state index in [9.17, 15) is 19.2 Å². The second-order valence-electron chi connectivity index (χ2n) is 14.1. The lowest BCUT2D eigenvalue weighted by molar-refractivity contribution is -0.136. The molecule has 5 aliphatic rings. The third-order valence-corrected chi connectivity index (χ3v) is 10.7. The molecular weight excluding hydrogens is 595 g/mol. The van der Waals surface area contributed by atoms with E-state index in [1.54, 1.807) is 0 Å². The van der Waals surface area contributed by atoms with Crippen LogP contribution in [0.2, 0.25) is 5.02 Å². The Morgan fingerprint density at radius 2 is 1.71 bits per heavy atom. The summed E-state index contributed by atoms with van der Waals surface area (Å²) in [6.45, 7) is 6.87. The van der Waals surface area contributed by atoms with Gasteiger partial charge in [0.05, 0.1) is 12.1 Å². The standard InChI is InChI=1S/C35H38ClFN4O4/c1-35(2)14-13-21(27(15-35)20-3-5-22(36)6-4-20)16-39-17-23-7-8-24(18-39)41(23)34(45)26-10-9-25-28(31(26)37)19-40(33(25)44)29-11-12-30(42)38-32(29)43/h3-6,9-10,23-24,29H,7-8,11-19H2,1-2H3,(H,38,42,43). The predicted octanol–water partition coefficient (Wildman–Crippen LogP) is 5.19. The number of amides is 4. The van der Waals surface area contributed by atoms with Gasteiger partial charge in [-0.05, 0) is 79.3 Å². The number of likely N-dealkylation sites (tertiary alicyclic amines) is 1. The van der Waals surface area contributed by atoms with Gasteiger partial charge in [0.1, 0.15) is 11.9 Å². The number of nitrogens with one attached hydrogen (secondary N) is 1. The lowest BCUT2D eigenvalue weighted by Crippen LogP contribution is -2.56. The second kappa shape index (κ2) is 11.4. The van der Waals surface area contributed by atoms with Gasteiger partial charge < -0.3 is 9.80 Å². The minimum atomic E-state index is -0.837. The fourth-order valence-electron chi connectivity index (χ4n) is 8.09. The molecule has 8 nitrogen and oxygen atoms in total. The Labute approximate surface area is 267 Å². The third-order valence-electron chi connectivity index (χ3n) is 10.5. The van der Waals surface area contributed by atoms with Crippen molar-refractivity contribution in [2.24, 2.45) is 5.41 Å². The number of rotatable bonds is 5. The molecule has 4 amide bonds. The number of nitrogens with zero attached hydrogens (tertiary/aromatic N) is 3. The Kier molecular flexibility index (Phi) is 7.60. The first-order chi connectivity index (χ1) is 21.5. The summed E-state index contributed by atoms with van der Waals surface area (Å²) in [4.78, 5) is 56.7. The molecule has 45 heavy (non-hydrogen) atoms. The van der Waals surface area contributed by atoms with E-state index in [0.29, 0.717) is 0 Å². The molecule has 10 heteroatoms. The molecule has 1 N–H and O–H groups in total. The SMILES string of the molecule is CC1(C)CCC(CN2CC3CCC(C2)N3C(=O)c2ccc3c(c2F)CN(C2CCC(=O)NC2=O)C3=O)=C(c2ccc(Cl)cc2)C1. The zero-order valence-corrected chi connectivity index (χ0v) is 26.5. The van der Waals surface area contributed by atoms with Crippen molar-refractivity contribution in [1.82, 2.24) is 20.0 Å². The Morgan fingerprint density at radius 3 is 2.40 bits per heavy atom. The number of hydrogen-bond donors (Lipinski definition) is 1. The topological polar surface area (TPSA) is 90.0 Å². The second-order valence-corrected chi connectivity index (χ2v) is 14.5. The van der Waals surface area contributed by atoms with Crippen LogP contribution in [-0.2, 0) is 16.1 Å². The van der Waals surface area contributed by atoms with E-state index < -0.39 is 23.7 Å². The summed E-state index contributed by atoms with van der Waals surface area (Å²) >= 11 is 6.19. The average molecular weight is 633 g/mol. The minimum absolute atomic E-state index is 0.00915. The van der Waals surface area contributed by atoms with Gasteiger partial charge in [-0.1, -0.05) is 43.2 Å². The summed E-state index contributed by atoms with van der Waals surface area (Å²) in [5.41, 5.74) is 4.58. The number of carbonyl (C=O) groups is 4. The largest absolute Gasteiger partial charge is 0.330 e. The summed E-state index contributed by atoms with van der Waals surface area (Å²) in [7, 11) is 0. The first-order valence-corrected chi connectivity index (χ1v) is 16.3. The summed E-state index contributed by atoms with van der Waals surface area (Å²) in [6, 6.07) is 10.2. The van der Waals surface area contributed by atoms with Crippen molar-refractivity contribution >= 4 is 40.8 Å². The first-order valence-electron chi connectivity index (χ1n) is 16.0. The lowest BCUT2D eigenvalue weighted by Gasteiger charge is -2.43. The highest BCUT2D eigenvalue weighted by Crippen LogP contribution is 2.44.